The van der Waals surface area contributed by atoms with Gasteiger partial charge >= 0.3 is 0 Å². The number of carbonyl (C=O) groups excluding carboxylic acids is 1. The number of carbonyl (C=O) groups is 1. The zero-order valence-electron chi connectivity index (χ0n) is 19.1. The Labute approximate surface area is 201 Å². The summed E-state index contributed by atoms with van der Waals surface area (Å²) >= 11 is 1.48. The number of likely N-dealkylation sites (tertiary alicyclic amines) is 1. The van der Waals surface area contributed by atoms with Gasteiger partial charge in [-0.3, -0.25) is 14.2 Å². The Morgan fingerprint density at radius 1 is 1.12 bits per heavy atom. The molecule has 1 fully saturated rings. The average Bonchev–Trinajstić information content (AvgIpc) is 3.54. The second-order valence-corrected chi connectivity index (χ2v) is 9.26. The summed E-state index contributed by atoms with van der Waals surface area (Å²) in [6.07, 6.45) is 3.21. The quantitative estimate of drug-likeness (QED) is 0.410. The lowest BCUT2D eigenvalue weighted by atomic mass is 10.0. The highest BCUT2D eigenvalue weighted by Crippen LogP contribution is 2.39. The molecule has 1 aliphatic heterocycles. The number of aromatic nitrogens is 2. The molecule has 2 aromatic heterocycles. The average molecular weight is 476 g/mol. The first kappa shape index (κ1) is 22.2. The Bertz CT molecular complexity index is 1400. The standard InChI is InChI=1S/C26H25N3O4S/c1-32-18-10-11-19(22(13-18)33-2)21-9-6-12-29(21)24(30)15-28-16-27-25-20(26(28)31)14-23(34-25)17-7-4-3-5-8-17/h3-5,7-8,10-11,13-14,16,21H,6,9,12,15H2,1-2H3. The summed E-state index contributed by atoms with van der Waals surface area (Å²) in [5.74, 6) is 1.28. The molecule has 0 radical (unpaired) electrons. The number of rotatable bonds is 6. The Balaban J connectivity index is 1.41. The summed E-state index contributed by atoms with van der Waals surface area (Å²) in [7, 11) is 3.23. The van der Waals surface area contributed by atoms with E-state index in [0.717, 1.165) is 28.8 Å². The van der Waals surface area contributed by atoms with Gasteiger partial charge in [0.1, 0.15) is 22.9 Å². The lowest BCUT2D eigenvalue weighted by Gasteiger charge is -2.27. The molecule has 0 N–H and O–H groups in total. The molecule has 0 spiro atoms. The highest BCUT2D eigenvalue weighted by Gasteiger charge is 2.32. The summed E-state index contributed by atoms with van der Waals surface area (Å²) in [5.41, 5.74) is 1.79. The van der Waals surface area contributed by atoms with E-state index in [4.69, 9.17) is 9.47 Å². The molecule has 5 rings (SSSR count). The Hall–Kier alpha value is -3.65. The van der Waals surface area contributed by atoms with Crippen LogP contribution in [0.15, 0.2) is 65.7 Å². The first-order valence-corrected chi connectivity index (χ1v) is 12.0. The molecule has 4 aromatic rings. The first-order chi connectivity index (χ1) is 16.6. The fraction of sp³-hybridized carbons (Fsp3) is 0.269. The van der Waals surface area contributed by atoms with E-state index in [2.05, 4.69) is 4.98 Å². The summed E-state index contributed by atoms with van der Waals surface area (Å²) in [6.45, 7) is 0.590. The van der Waals surface area contributed by atoms with Crippen molar-refractivity contribution >= 4 is 27.5 Å². The van der Waals surface area contributed by atoms with Crippen molar-refractivity contribution in [1.82, 2.24) is 14.5 Å². The van der Waals surface area contributed by atoms with Gasteiger partial charge in [0.25, 0.3) is 5.56 Å². The van der Waals surface area contributed by atoms with Crippen molar-refractivity contribution in [3.8, 4) is 21.9 Å². The third-order valence-corrected chi connectivity index (χ3v) is 7.35. The van der Waals surface area contributed by atoms with Gasteiger partial charge in [-0.1, -0.05) is 30.3 Å². The van der Waals surface area contributed by atoms with Gasteiger partial charge in [0, 0.05) is 23.1 Å². The van der Waals surface area contributed by atoms with E-state index in [0.29, 0.717) is 28.3 Å². The second kappa shape index (κ2) is 9.30. The van der Waals surface area contributed by atoms with Gasteiger partial charge in [0.15, 0.2) is 0 Å². The van der Waals surface area contributed by atoms with Crippen LogP contribution < -0.4 is 15.0 Å². The molecule has 1 atom stereocenters. The number of benzene rings is 2. The topological polar surface area (TPSA) is 73.7 Å². The zero-order chi connectivity index (χ0) is 23.7. The molecule has 0 bridgehead atoms. The van der Waals surface area contributed by atoms with Crippen LogP contribution in [0.4, 0.5) is 0 Å². The van der Waals surface area contributed by atoms with Gasteiger partial charge in [0.05, 0.1) is 32.0 Å². The van der Waals surface area contributed by atoms with Gasteiger partial charge in [-0.15, -0.1) is 11.3 Å². The van der Waals surface area contributed by atoms with Crippen molar-refractivity contribution in [2.45, 2.75) is 25.4 Å². The van der Waals surface area contributed by atoms with E-state index in [1.54, 1.807) is 14.2 Å². The van der Waals surface area contributed by atoms with Crippen molar-refractivity contribution in [2.24, 2.45) is 0 Å². The second-order valence-electron chi connectivity index (χ2n) is 8.23. The number of methoxy groups -OCH3 is 2. The van der Waals surface area contributed by atoms with Crippen molar-refractivity contribution in [1.29, 1.82) is 0 Å². The minimum absolute atomic E-state index is 0.0484. The van der Waals surface area contributed by atoms with Crippen LogP contribution in [-0.4, -0.2) is 41.1 Å². The van der Waals surface area contributed by atoms with Gasteiger partial charge < -0.3 is 14.4 Å². The lowest BCUT2D eigenvalue weighted by Crippen LogP contribution is -2.36. The maximum atomic E-state index is 13.3. The Morgan fingerprint density at radius 3 is 2.71 bits per heavy atom. The predicted molar refractivity (Wildman–Crippen MR) is 133 cm³/mol. The fourth-order valence-electron chi connectivity index (χ4n) is 4.54. The predicted octanol–water partition coefficient (Wildman–Crippen LogP) is 4.51. The monoisotopic (exact) mass is 475 g/mol. The number of thiophene rings is 1. The molecule has 0 aliphatic carbocycles. The van der Waals surface area contributed by atoms with Crippen molar-refractivity contribution < 1.29 is 14.3 Å². The molecule has 8 heteroatoms. The van der Waals surface area contributed by atoms with Gasteiger partial charge in [-0.05, 0) is 36.6 Å². The van der Waals surface area contributed by atoms with Crippen LogP contribution in [0.5, 0.6) is 11.5 Å². The number of hydrogen-bond acceptors (Lipinski definition) is 6. The summed E-state index contributed by atoms with van der Waals surface area (Å²) in [5, 5.41) is 0.536. The van der Waals surface area contributed by atoms with Crippen LogP contribution in [0.3, 0.4) is 0 Å². The number of ether oxygens (including phenoxy) is 2. The minimum atomic E-state index is -0.199. The van der Waals surface area contributed by atoms with Gasteiger partial charge in [0.2, 0.25) is 5.91 Å². The molecule has 7 nitrogen and oxygen atoms in total. The van der Waals surface area contributed by atoms with E-state index in [1.165, 1.54) is 22.2 Å². The van der Waals surface area contributed by atoms with Crippen molar-refractivity contribution in [3.05, 3.63) is 76.8 Å². The minimum Gasteiger partial charge on any atom is -0.497 e. The molecule has 3 heterocycles. The molecule has 1 unspecified atom stereocenters. The molecular formula is C26H25N3O4S. The van der Waals surface area contributed by atoms with Crippen LogP contribution in [0.1, 0.15) is 24.4 Å². The normalized spacial score (nSPS) is 15.6. The molecule has 1 aliphatic rings. The summed E-state index contributed by atoms with van der Waals surface area (Å²) in [4.78, 5) is 34.4. The highest BCUT2D eigenvalue weighted by atomic mass is 32.1. The molecule has 1 amide bonds. The maximum absolute atomic E-state index is 13.3. The van der Waals surface area contributed by atoms with Crippen LogP contribution >= 0.6 is 11.3 Å². The highest BCUT2D eigenvalue weighted by molar-refractivity contribution is 7.21. The third kappa shape index (κ3) is 4.05. The van der Waals surface area contributed by atoms with Crippen LogP contribution in [0, 0.1) is 0 Å². The molecule has 0 saturated carbocycles. The summed E-state index contributed by atoms with van der Waals surface area (Å²) < 4.78 is 12.3. The van der Waals surface area contributed by atoms with Gasteiger partial charge in [-0.2, -0.15) is 0 Å². The zero-order valence-corrected chi connectivity index (χ0v) is 19.9. The Morgan fingerprint density at radius 2 is 1.94 bits per heavy atom. The molecule has 34 heavy (non-hydrogen) atoms. The largest absolute Gasteiger partial charge is 0.497 e. The van der Waals surface area contributed by atoms with Crippen molar-refractivity contribution in [3.63, 3.8) is 0 Å². The molecule has 174 valence electrons. The van der Waals surface area contributed by atoms with Crippen molar-refractivity contribution in [2.75, 3.05) is 20.8 Å². The van der Waals surface area contributed by atoms with Crippen LogP contribution in [-0.2, 0) is 11.3 Å². The number of fused-ring (bicyclic) bond motifs is 1. The summed E-state index contributed by atoms with van der Waals surface area (Å²) in [6, 6.07) is 17.3. The number of amides is 1. The van der Waals surface area contributed by atoms with E-state index < -0.39 is 0 Å². The number of hydrogen-bond donors (Lipinski definition) is 0. The first-order valence-electron chi connectivity index (χ1n) is 11.1. The molecule has 1 saturated heterocycles. The van der Waals surface area contributed by atoms with E-state index in [-0.39, 0.29) is 24.1 Å². The molecule has 2 aromatic carbocycles. The number of nitrogens with zero attached hydrogens (tertiary/aromatic N) is 3. The lowest BCUT2D eigenvalue weighted by molar-refractivity contribution is -0.132. The van der Waals surface area contributed by atoms with E-state index in [1.807, 2.05) is 59.5 Å². The Kier molecular flexibility index (Phi) is 6.06. The smallest absolute Gasteiger partial charge is 0.262 e. The van der Waals surface area contributed by atoms with E-state index in [9.17, 15) is 9.59 Å². The van der Waals surface area contributed by atoms with E-state index >= 15 is 0 Å². The molecular weight excluding hydrogens is 450 g/mol. The fourth-order valence-corrected chi connectivity index (χ4v) is 5.53. The van der Waals surface area contributed by atoms with Gasteiger partial charge in [-0.25, -0.2) is 4.98 Å². The van der Waals surface area contributed by atoms with Crippen LogP contribution in [0.25, 0.3) is 20.7 Å². The SMILES string of the molecule is COc1ccc(C2CCCN2C(=O)Cn2cnc3sc(-c4ccccc4)cc3c2=O)c(OC)c1. The maximum Gasteiger partial charge on any atom is 0.262 e. The van der Waals surface area contributed by atoms with Crippen LogP contribution in [0.2, 0.25) is 0 Å². The third-order valence-electron chi connectivity index (χ3n) is 6.25.